The molecule has 6 nitrogen and oxygen atoms in total. The summed E-state index contributed by atoms with van der Waals surface area (Å²) in [6.07, 6.45) is 0.637. The van der Waals surface area contributed by atoms with Gasteiger partial charge in [0.15, 0.2) is 0 Å². The second-order valence-electron chi connectivity index (χ2n) is 5.36. The van der Waals surface area contributed by atoms with Crippen molar-refractivity contribution in [3.8, 4) is 0 Å². The van der Waals surface area contributed by atoms with Crippen molar-refractivity contribution in [3.63, 3.8) is 0 Å². The summed E-state index contributed by atoms with van der Waals surface area (Å²) in [7, 11) is 0. The van der Waals surface area contributed by atoms with Crippen molar-refractivity contribution in [2.24, 2.45) is 5.41 Å². The molecule has 0 saturated carbocycles. The fourth-order valence-corrected chi connectivity index (χ4v) is 1.53. The SMILES string of the molecule is CCC(C)(C)C(=O)OCCOC(=O)c1ccccc1C(=O)O. The third-order valence-electron chi connectivity index (χ3n) is 3.36. The number of aromatic carboxylic acids is 1. The maximum absolute atomic E-state index is 11.8. The lowest BCUT2D eigenvalue weighted by atomic mass is 9.91. The molecular formula is C16H20O6. The molecule has 1 rings (SSSR count). The lowest BCUT2D eigenvalue weighted by Gasteiger charge is -2.20. The number of hydrogen-bond acceptors (Lipinski definition) is 5. The zero-order chi connectivity index (χ0) is 16.8. The highest BCUT2D eigenvalue weighted by molar-refractivity contribution is 6.02. The molecule has 0 fully saturated rings. The summed E-state index contributed by atoms with van der Waals surface area (Å²) in [5.74, 6) is -2.33. The average Bonchev–Trinajstić information content (AvgIpc) is 2.50. The Hall–Kier alpha value is -2.37. The van der Waals surface area contributed by atoms with Crippen molar-refractivity contribution in [1.29, 1.82) is 0 Å². The van der Waals surface area contributed by atoms with E-state index in [0.29, 0.717) is 6.42 Å². The van der Waals surface area contributed by atoms with Gasteiger partial charge in [-0.2, -0.15) is 0 Å². The fourth-order valence-electron chi connectivity index (χ4n) is 1.53. The van der Waals surface area contributed by atoms with Crippen molar-refractivity contribution in [1.82, 2.24) is 0 Å². The molecule has 0 heterocycles. The smallest absolute Gasteiger partial charge is 0.339 e. The number of carboxylic acid groups (broad SMARTS) is 1. The molecule has 0 aliphatic rings. The Morgan fingerprint density at radius 2 is 1.59 bits per heavy atom. The van der Waals surface area contributed by atoms with E-state index in [-0.39, 0.29) is 30.3 Å². The molecule has 0 amide bonds. The van der Waals surface area contributed by atoms with Gasteiger partial charge in [0.25, 0.3) is 0 Å². The number of carbonyl (C=O) groups excluding carboxylic acids is 2. The van der Waals surface area contributed by atoms with Gasteiger partial charge < -0.3 is 14.6 Å². The summed E-state index contributed by atoms with van der Waals surface area (Å²) in [6, 6.07) is 5.77. The summed E-state index contributed by atoms with van der Waals surface area (Å²) in [5, 5.41) is 9.00. The van der Waals surface area contributed by atoms with Gasteiger partial charge in [-0.25, -0.2) is 9.59 Å². The van der Waals surface area contributed by atoms with Crippen molar-refractivity contribution >= 4 is 17.9 Å². The van der Waals surface area contributed by atoms with E-state index in [4.69, 9.17) is 14.6 Å². The monoisotopic (exact) mass is 308 g/mol. The summed E-state index contributed by atoms with van der Waals surface area (Å²) >= 11 is 0. The number of ether oxygens (including phenoxy) is 2. The Kier molecular flexibility index (Phi) is 6.10. The first-order chi connectivity index (χ1) is 10.3. The molecule has 0 atom stereocenters. The molecule has 0 aromatic heterocycles. The average molecular weight is 308 g/mol. The first-order valence-electron chi connectivity index (χ1n) is 6.96. The largest absolute Gasteiger partial charge is 0.478 e. The molecule has 1 aromatic rings. The molecule has 6 heteroatoms. The van der Waals surface area contributed by atoms with Crippen LogP contribution in [0.5, 0.6) is 0 Å². The van der Waals surface area contributed by atoms with E-state index in [1.54, 1.807) is 19.9 Å². The zero-order valence-corrected chi connectivity index (χ0v) is 12.9. The number of carboxylic acids is 1. The predicted octanol–water partition coefficient (Wildman–Crippen LogP) is 2.52. The third-order valence-corrected chi connectivity index (χ3v) is 3.36. The minimum absolute atomic E-state index is 0.0322. The number of hydrogen-bond donors (Lipinski definition) is 1. The van der Waals surface area contributed by atoms with Crippen LogP contribution in [0.4, 0.5) is 0 Å². The van der Waals surface area contributed by atoms with Crippen LogP contribution in [0, 0.1) is 5.41 Å². The van der Waals surface area contributed by atoms with E-state index in [0.717, 1.165) is 0 Å². The highest BCUT2D eigenvalue weighted by atomic mass is 16.6. The second kappa shape index (κ2) is 7.59. The Bertz CT molecular complexity index is 562. The number of rotatable bonds is 7. The lowest BCUT2D eigenvalue weighted by Crippen LogP contribution is -2.27. The van der Waals surface area contributed by atoms with Crippen LogP contribution in [-0.4, -0.2) is 36.2 Å². The van der Waals surface area contributed by atoms with Gasteiger partial charge in [0, 0.05) is 0 Å². The van der Waals surface area contributed by atoms with Crippen LogP contribution in [0.15, 0.2) is 24.3 Å². The van der Waals surface area contributed by atoms with E-state index in [9.17, 15) is 14.4 Å². The molecule has 0 bridgehead atoms. The molecule has 0 radical (unpaired) electrons. The lowest BCUT2D eigenvalue weighted by molar-refractivity contribution is -0.155. The topological polar surface area (TPSA) is 89.9 Å². The van der Waals surface area contributed by atoms with Crippen molar-refractivity contribution < 1.29 is 29.0 Å². The highest BCUT2D eigenvalue weighted by Gasteiger charge is 2.27. The maximum Gasteiger partial charge on any atom is 0.339 e. The Morgan fingerprint density at radius 3 is 2.14 bits per heavy atom. The first-order valence-corrected chi connectivity index (χ1v) is 6.96. The summed E-state index contributed by atoms with van der Waals surface area (Å²) in [6.45, 7) is 5.22. The van der Waals surface area contributed by atoms with Crippen LogP contribution >= 0.6 is 0 Å². The maximum atomic E-state index is 11.8. The minimum atomic E-state index is -1.20. The van der Waals surface area contributed by atoms with Crippen molar-refractivity contribution in [3.05, 3.63) is 35.4 Å². The summed E-state index contributed by atoms with van der Waals surface area (Å²) in [4.78, 5) is 34.6. The highest BCUT2D eigenvalue weighted by Crippen LogP contribution is 2.21. The summed E-state index contributed by atoms with van der Waals surface area (Å²) in [5.41, 5.74) is -0.744. The Labute approximate surface area is 129 Å². The van der Waals surface area contributed by atoms with Crippen LogP contribution < -0.4 is 0 Å². The van der Waals surface area contributed by atoms with Gasteiger partial charge in [-0.3, -0.25) is 4.79 Å². The minimum Gasteiger partial charge on any atom is -0.478 e. The van der Waals surface area contributed by atoms with E-state index in [1.165, 1.54) is 18.2 Å². The molecule has 0 spiro atoms. The standard InChI is InChI=1S/C16H20O6/c1-4-16(2,3)15(20)22-10-9-21-14(19)12-8-6-5-7-11(12)13(17)18/h5-8H,4,9-10H2,1-3H3,(H,17,18). The van der Waals surface area contributed by atoms with Crippen molar-refractivity contribution in [2.45, 2.75) is 27.2 Å². The van der Waals surface area contributed by atoms with Gasteiger partial charge in [-0.1, -0.05) is 19.1 Å². The molecule has 0 aliphatic heterocycles. The van der Waals surface area contributed by atoms with Crippen LogP contribution in [0.2, 0.25) is 0 Å². The van der Waals surface area contributed by atoms with E-state index in [2.05, 4.69) is 0 Å². The second-order valence-corrected chi connectivity index (χ2v) is 5.36. The molecule has 1 aromatic carbocycles. The van der Waals surface area contributed by atoms with Gasteiger partial charge in [-0.05, 0) is 32.4 Å². The molecule has 0 aliphatic carbocycles. The van der Waals surface area contributed by atoms with E-state index in [1.807, 2.05) is 6.92 Å². The van der Waals surface area contributed by atoms with Crippen LogP contribution in [0.3, 0.4) is 0 Å². The van der Waals surface area contributed by atoms with Crippen LogP contribution in [-0.2, 0) is 14.3 Å². The predicted molar refractivity (Wildman–Crippen MR) is 78.7 cm³/mol. The van der Waals surface area contributed by atoms with Crippen LogP contribution in [0.1, 0.15) is 47.9 Å². The molecule has 1 N–H and O–H groups in total. The van der Waals surface area contributed by atoms with Gasteiger partial charge in [0.1, 0.15) is 13.2 Å². The first kappa shape index (κ1) is 17.7. The molecule has 0 saturated heterocycles. The normalized spacial score (nSPS) is 10.9. The fraction of sp³-hybridized carbons (Fsp3) is 0.438. The number of carbonyl (C=O) groups is 3. The molecular weight excluding hydrogens is 288 g/mol. The molecule has 120 valence electrons. The Balaban J connectivity index is 2.52. The van der Waals surface area contributed by atoms with Gasteiger partial charge in [-0.15, -0.1) is 0 Å². The number of benzene rings is 1. The number of esters is 2. The van der Waals surface area contributed by atoms with Crippen molar-refractivity contribution in [2.75, 3.05) is 13.2 Å². The quantitative estimate of drug-likeness (QED) is 0.615. The zero-order valence-electron chi connectivity index (χ0n) is 12.9. The molecule has 0 unspecified atom stereocenters. The van der Waals surface area contributed by atoms with Gasteiger partial charge >= 0.3 is 17.9 Å². The van der Waals surface area contributed by atoms with E-state index < -0.39 is 17.4 Å². The third kappa shape index (κ3) is 4.58. The van der Waals surface area contributed by atoms with Gasteiger partial charge in [0.05, 0.1) is 16.5 Å². The summed E-state index contributed by atoms with van der Waals surface area (Å²) < 4.78 is 9.97. The van der Waals surface area contributed by atoms with Crippen LogP contribution in [0.25, 0.3) is 0 Å². The van der Waals surface area contributed by atoms with E-state index >= 15 is 0 Å². The Morgan fingerprint density at radius 1 is 1.05 bits per heavy atom. The molecule has 22 heavy (non-hydrogen) atoms. The van der Waals surface area contributed by atoms with Gasteiger partial charge in [0.2, 0.25) is 0 Å².